The van der Waals surface area contributed by atoms with E-state index in [4.69, 9.17) is 14.2 Å². The number of alkyl carbamates (subject to hydrolysis) is 1. The number of ether oxygens (including phenoxy) is 3. The molecule has 0 bridgehead atoms. The van der Waals surface area contributed by atoms with Crippen LogP contribution in [0.4, 0.5) is 4.79 Å². The number of hydrogen-bond donors (Lipinski definition) is 1. The molecule has 0 aromatic heterocycles. The zero-order valence-corrected chi connectivity index (χ0v) is 17.1. The zero-order valence-electron chi connectivity index (χ0n) is 17.1. The van der Waals surface area contributed by atoms with E-state index in [-0.39, 0.29) is 13.2 Å². The molecule has 0 saturated carbocycles. The molecule has 1 aliphatic rings. The molecule has 32 heavy (non-hydrogen) atoms. The van der Waals surface area contributed by atoms with Gasteiger partial charge < -0.3 is 14.2 Å². The maximum Gasteiger partial charge on any atom is 0.409 e. The Bertz CT molecular complexity index is 1030. The summed E-state index contributed by atoms with van der Waals surface area (Å²) >= 11 is 0. The van der Waals surface area contributed by atoms with Gasteiger partial charge in [0, 0.05) is 0 Å². The van der Waals surface area contributed by atoms with Crippen LogP contribution < -0.4 is 5.32 Å². The molecule has 7 heteroatoms. The fourth-order valence-electron chi connectivity index (χ4n) is 3.47. The first-order chi connectivity index (χ1) is 15.6. The molecule has 0 spiro atoms. The molecule has 0 aliphatic carbocycles. The SMILES string of the molecule is O=C1NC(C(=O)OCc2ccccc2)(C(=O)OCc2ccccc2)C(c2ccccc2)O1. The van der Waals surface area contributed by atoms with E-state index in [0.29, 0.717) is 5.56 Å². The van der Waals surface area contributed by atoms with Gasteiger partial charge in [0.15, 0.2) is 6.10 Å². The number of esters is 2. The van der Waals surface area contributed by atoms with Gasteiger partial charge in [-0.05, 0) is 16.7 Å². The third-order valence-corrected chi connectivity index (χ3v) is 5.09. The fourth-order valence-corrected chi connectivity index (χ4v) is 3.47. The zero-order chi connectivity index (χ0) is 22.4. The topological polar surface area (TPSA) is 90.9 Å². The summed E-state index contributed by atoms with van der Waals surface area (Å²) in [5, 5.41) is 2.38. The average molecular weight is 431 g/mol. The van der Waals surface area contributed by atoms with Gasteiger partial charge in [0.05, 0.1) is 0 Å². The van der Waals surface area contributed by atoms with Gasteiger partial charge in [0.25, 0.3) is 5.54 Å². The van der Waals surface area contributed by atoms with Crippen molar-refractivity contribution in [2.75, 3.05) is 0 Å². The molecule has 1 saturated heterocycles. The number of amides is 1. The summed E-state index contributed by atoms with van der Waals surface area (Å²) in [6.07, 6.45) is -2.16. The Labute approximate surface area is 184 Å². The highest BCUT2D eigenvalue weighted by Gasteiger charge is 2.63. The molecule has 4 rings (SSSR count). The maximum absolute atomic E-state index is 13.3. The van der Waals surface area contributed by atoms with E-state index in [1.165, 1.54) is 0 Å². The van der Waals surface area contributed by atoms with Crippen LogP contribution in [0.2, 0.25) is 0 Å². The van der Waals surface area contributed by atoms with Gasteiger partial charge in [0.1, 0.15) is 13.2 Å². The average Bonchev–Trinajstić information content (AvgIpc) is 3.21. The van der Waals surface area contributed by atoms with Crippen molar-refractivity contribution in [1.29, 1.82) is 0 Å². The van der Waals surface area contributed by atoms with Gasteiger partial charge in [-0.2, -0.15) is 0 Å². The molecule has 1 N–H and O–H groups in total. The van der Waals surface area contributed by atoms with Crippen molar-refractivity contribution in [3.05, 3.63) is 108 Å². The van der Waals surface area contributed by atoms with Gasteiger partial charge in [-0.1, -0.05) is 91.0 Å². The first kappa shape index (κ1) is 21.1. The van der Waals surface area contributed by atoms with Crippen molar-refractivity contribution in [1.82, 2.24) is 5.32 Å². The Hall–Kier alpha value is -4.13. The Morgan fingerprint density at radius 1 is 0.750 bits per heavy atom. The van der Waals surface area contributed by atoms with Crippen molar-refractivity contribution < 1.29 is 28.6 Å². The summed E-state index contributed by atoms with van der Waals surface area (Å²) in [4.78, 5) is 38.9. The molecule has 3 aromatic carbocycles. The number of cyclic esters (lactones) is 1. The third kappa shape index (κ3) is 4.32. The fraction of sp³-hybridized carbons (Fsp3) is 0.160. The van der Waals surface area contributed by atoms with E-state index in [1.807, 2.05) is 12.1 Å². The van der Waals surface area contributed by atoms with Gasteiger partial charge in [-0.15, -0.1) is 0 Å². The molecule has 1 aliphatic heterocycles. The van der Waals surface area contributed by atoms with E-state index < -0.39 is 29.7 Å². The molecule has 1 atom stereocenters. The van der Waals surface area contributed by atoms with Crippen molar-refractivity contribution in [2.24, 2.45) is 0 Å². The molecule has 1 heterocycles. The van der Waals surface area contributed by atoms with Crippen LogP contribution in [0.25, 0.3) is 0 Å². The largest absolute Gasteiger partial charge is 0.459 e. The second kappa shape index (κ2) is 9.34. The highest BCUT2D eigenvalue weighted by atomic mass is 16.6. The number of carbonyl (C=O) groups excluding carboxylic acids is 3. The summed E-state index contributed by atoms with van der Waals surface area (Å²) in [5.41, 5.74) is -0.258. The molecule has 0 radical (unpaired) electrons. The molecule has 1 fully saturated rings. The van der Waals surface area contributed by atoms with Gasteiger partial charge in [-0.25, -0.2) is 14.4 Å². The maximum atomic E-state index is 13.3. The van der Waals surface area contributed by atoms with Crippen molar-refractivity contribution in [3.63, 3.8) is 0 Å². The predicted octanol–water partition coefficient (Wildman–Crippen LogP) is 3.69. The Morgan fingerprint density at radius 3 is 1.66 bits per heavy atom. The summed E-state index contributed by atoms with van der Waals surface area (Å²) in [6, 6.07) is 26.6. The Kier molecular flexibility index (Phi) is 6.17. The lowest BCUT2D eigenvalue weighted by molar-refractivity contribution is -0.170. The molecule has 1 amide bonds. The lowest BCUT2D eigenvalue weighted by Crippen LogP contribution is -2.59. The van der Waals surface area contributed by atoms with Crippen LogP contribution in [0.1, 0.15) is 22.8 Å². The first-order valence-corrected chi connectivity index (χ1v) is 10.1. The monoisotopic (exact) mass is 431 g/mol. The molecule has 162 valence electrons. The van der Waals surface area contributed by atoms with Crippen LogP contribution in [0, 0.1) is 0 Å². The first-order valence-electron chi connectivity index (χ1n) is 10.1. The van der Waals surface area contributed by atoms with E-state index in [1.54, 1.807) is 78.9 Å². The Balaban J connectivity index is 1.64. The van der Waals surface area contributed by atoms with Gasteiger partial charge >= 0.3 is 18.0 Å². The second-order valence-electron chi connectivity index (χ2n) is 7.25. The standard InChI is InChI=1S/C25H21NO6/c27-22(30-16-18-10-4-1-5-11-18)25(23(28)31-17-19-12-6-2-7-13-19)21(32-24(29)26-25)20-14-8-3-9-15-20/h1-15,21H,16-17H2,(H,26,29). The number of carbonyl (C=O) groups is 3. The summed E-state index contributed by atoms with van der Waals surface area (Å²) in [5.74, 6) is -1.92. The number of nitrogens with one attached hydrogen (secondary N) is 1. The lowest BCUT2D eigenvalue weighted by atomic mass is 9.88. The van der Waals surface area contributed by atoms with Gasteiger partial charge in [-0.3, -0.25) is 5.32 Å². The van der Waals surface area contributed by atoms with Crippen LogP contribution in [0.5, 0.6) is 0 Å². The summed E-state index contributed by atoms with van der Waals surface area (Å²) < 4.78 is 16.3. The highest BCUT2D eigenvalue weighted by molar-refractivity contribution is 6.09. The van der Waals surface area contributed by atoms with Crippen molar-refractivity contribution in [3.8, 4) is 0 Å². The van der Waals surface area contributed by atoms with Crippen molar-refractivity contribution >= 4 is 18.0 Å². The number of hydrogen-bond acceptors (Lipinski definition) is 6. The molecule has 3 aromatic rings. The minimum absolute atomic E-state index is 0.0786. The summed E-state index contributed by atoms with van der Waals surface area (Å²) in [6.45, 7) is -0.157. The Morgan fingerprint density at radius 2 is 1.19 bits per heavy atom. The number of rotatable bonds is 7. The van der Waals surface area contributed by atoms with E-state index >= 15 is 0 Å². The minimum atomic E-state index is -2.18. The van der Waals surface area contributed by atoms with Crippen molar-refractivity contribution in [2.45, 2.75) is 24.9 Å². The van der Waals surface area contributed by atoms with Crippen LogP contribution in [0.15, 0.2) is 91.0 Å². The van der Waals surface area contributed by atoms with Crippen LogP contribution >= 0.6 is 0 Å². The molecular weight excluding hydrogens is 410 g/mol. The van der Waals surface area contributed by atoms with E-state index in [9.17, 15) is 14.4 Å². The lowest BCUT2D eigenvalue weighted by Gasteiger charge is -2.28. The van der Waals surface area contributed by atoms with Crippen LogP contribution in [-0.4, -0.2) is 23.6 Å². The second-order valence-corrected chi connectivity index (χ2v) is 7.25. The van der Waals surface area contributed by atoms with E-state index in [2.05, 4.69) is 5.32 Å². The highest BCUT2D eigenvalue weighted by Crippen LogP contribution is 2.37. The quantitative estimate of drug-likeness (QED) is 0.349. The molecular formula is C25H21NO6. The van der Waals surface area contributed by atoms with Crippen LogP contribution in [0.3, 0.4) is 0 Å². The molecule has 1 unspecified atom stereocenters. The smallest absolute Gasteiger partial charge is 0.409 e. The predicted molar refractivity (Wildman–Crippen MR) is 114 cm³/mol. The molecule has 7 nitrogen and oxygen atoms in total. The third-order valence-electron chi connectivity index (χ3n) is 5.09. The number of benzene rings is 3. The minimum Gasteiger partial charge on any atom is -0.459 e. The van der Waals surface area contributed by atoms with Gasteiger partial charge in [0.2, 0.25) is 0 Å². The summed E-state index contributed by atoms with van der Waals surface area (Å²) in [7, 11) is 0. The van der Waals surface area contributed by atoms with Crippen LogP contribution in [-0.2, 0) is 37.0 Å². The normalized spacial score (nSPS) is 16.5. The van der Waals surface area contributed by atoms with E-state index in [0.717, 1.165) is 11.1 Å².